The lowest BCUT2D eigenvalue weighted by Crippen LogP contribution is -1.88. The van der Waals surface area contributed by atoms with E-state index >= 15 is 0 Å². The highest BCUT2D eigenvalue weighted by molar-refractivity contribution is 7.16. The largest absolute Gasteiger partial charge is 0.353 e. The molecule has 7 heteroatoms. The number of aromatic amines is 2. The lowest BCUT2D eigenvalue weighted by Gasteiger charge is -2.01. The van der Waals surface area contributed by atoms with Crippen molar-refractivity contribution < 1.29 is 0 Å². The van der Waals surface area contributed by atoms with Crippen LogP contribution in [0.2, 0.25) is 0 Å². The van der Waals surface area contributed by atoms with Gasteiger partial charge < -0.3 is 4.98 Å². The van der Waals surface area contributed by atoms with Gasteiger partial charge in [0.25, 0.3) is 0 Å². The van der Waals surface area contributed by atoms with Crippen molar-refractivity contribution in [2.24, 2.45) is 4.99 Å². The van der Waals surface area contributed by atoms with Crippen molar-refractivity contribution in [2.45, 2.75) is 13.8 Å². The van der Waals surface area contributed by atoms with Gasteiger partial charge in [-0.3, -0.25) is 15.1 Å². The predicted octanol–water partition coefficient (Wildman–Crippen LogP) is 6.88. The summed E-state index contributed by atoms with van der Waals surface area (Å²) in [5.74, 6) is 0. The Bertz CT molecular complexity index is 1580. The van der Waals surface area contributed by atoms with Gasteiger partial charge in [-0.05, 0) is 55.3 Å². The van der Waals surface area contributed by atoms with Gasteiger partial charge in [0, 0.05) is 51.5 Å². The summed E-state index contributed by atoms with van der Waals surface area (Å²) in [4.78, 5) is 19.2. The molecule has 0 saturated heterocycles. The van der Waals surface area contributed by atoms with Crippen LogP contribution in [-0.4, -0.2) is 31.4 Å². The van der Waals surface area contributed by atoms with E-state index in [1.54, 1.807) is 23.7 Å². The number of H-pyrrole nitrogens is 2. The molecule has 162 valence electrons. The Labute approximate surface area is 195 Å². The predicted molar refractivity (Wildman–Crippen MR) is 139 cm³/mol. The third-order valence-corrected chi connectivity index (χ3v) is 6.70. The molecule has 0 saturated carbocycles. The van der Waals surface area contributed by atoms with Crippen LogP contribution in [0, 0.1) is 0 Å². The van der Waals surface area contributed by atoms with E-state index in [2.05, 4.69) is 67.6 Å². The topological polar surface area (TPSA) is 82.6 Å². The second kappa shape index (κ2) is 8.44. The second-order valence-electron chi connectivity index (χ2n) is 7.65. The number of hydrogen-bond donors (Lipinski definition) is 2. The van der Waals surface area contributed by atoms with Crippen molar-refractivity contribution in [1.29, 1.82) is 0 Å². The van der Waals surface area contributed by atoms with E-state index < -0.39 is 0 Å². The van der Waals surface area contributed by atoms with Gasteiger partial charge in [0.2, 0.25) is 0 Å². The third kappa shape index (κ3) is 3.72. The minimum absolute atomic E-state index is 0.659. The molecule has 0 spiro atoms. The highest BCUT2D eigenvalue weighted by Crippen LogP contribution is 2.36. The number of thiophene rings is 1. The summed E-state index contributed by atoms with van der Waals surface area (Å²) >= 11 is 1.70. The fourth-order valence-corrected chi connectivity index (χ4v) is 4.73. The molecule has 0 aliphatic rings. The van der Waals surface area contributed by atoms with Gasteiger partial charge in [0.15, 0.2) is 5.65 Å². The molecule has 33 heavy (non-hydrogen) atoms. The van der Waals surface area contributed by atoms with Crippen molar-refractivity contribution in [3.8, 4) is 22.0 Å². The van der Waals surface area contributed by atoms with Crippen LogP contribution in [0.4, 0.5) is 0 Å². The Kier molecular flexibility index (Phi) is 5.32. The average Bonchev–Trinajstić information content (AvgIpc) is 3.56. The van der Waals surface area contributed by atoms with Crippen LogP contribution in [0.25, 0.3) is 55.0 Å². The molecule has 2 N–H and O–H groups in total. The van der Waals surface area contributed by atoms with Crippen LogP contribution >= 0.6 is 11.3 Å². The quantitative estimate of drug-likeness (QED) is 0.277. The molecule has 0 aliphatic carbocycles. The van der Waals surface area contributed by atoms with Crippen molar-refractivity contribution in [3.05, 3.63) is 78.6 Å². The smallest absolute Gasteiger partial charge is 0.181 e. The zero-order chi connectivity index (χ0) is 22.9. The van der Waals surface area contributed by atoms with E-state index in [9.17, 15) is 0 Å². The normalized spacial score (nSPS) is 12.2. The van der Waals surface area contributed by atoms with Crippen LogP contribution in [0.15, 0.2) is 73.2 Å². The Balaban J connectivity index is 1.63. The maximum Gasteiger partial charge on any atom is 0.181 e. The minimum Gasteiger partial charge on any atom is -0.353 e. The molecule has 0 aromatic carbocycles. The number of aliphatic imine (C=N–C) groups is 1. The Morgan fingerprint density at radius 1 is 1.15 bits per heavy atom. The molecule has 5 heterocycles. The van der Waals surface area contributed by atoms with Gasteiger partial charge in [-0.15, -0.1) is 11.3 Å². The molecular formula is C26H22N6S. The lowest BCUT2D eigenvalue weighted by molar-refractivity contribution is 1.10. The number of nitrogens with zero attached hydrogens (tertiary/aromatic N) is 4. The summed E-state index contributed by atoms with van der Waals surface area (Å²) in [6.07, 6.45) is 8.93. The van der Waals surface area contributed by atoms with E-state index in [0.717, 1.165) is 59.8 Å². The molecule has 0 fully saturated rings. The fourth-order valence-electron chi connectivity index (χ4n) is 3.79. The van der Waals surface area contributed by atoms with Crippen LogP contribution in [0.1, 0.15) is 24.3 Å². The summed E-state index contributed by atoms with van der Waals surface area (Å²) in [5, 5.41) is 9.55. The average molecular weight is 451 g/mol. The zero-order valence-electron chi connectivity index (χ0n) is 18.4. The van der Waals surface area contributed by atoms with Crippen molar-refractivity contribution in [3.63, 3.8) is 0 Å². The molecule has 0 unspecified atom stereocenters. The van der Waals surface area contributed by atoms with Crippen LogP contribution in [0.5, 0.6) is 0 Å². The Morgan fingerprint density at radius 2 is 2.03 bits per heavy atom. The van der Waals surface area contributed by atoms with Crippen LogP contribution in [0.3, 0.4) is 0 Å². The zero-order valence-corrected chi connectivity index (χ0v) is 19.2. The van der Waals surface area contributed by atoms with Gasteiger partial charge >= 0.3 is 0 Å². The number of pyridine rings is 2. The number of nitrogens with one attached hydrogen (secondary N) is 2. The Hall–Kier alpha value is -4.10. The fraction of sp³-hybridized carbons (Fsp3) is 0.0769. The molecule has 0 aliphatic heterocycles. The molecule has 6 nitrogen and oxygen atoms in total. The van der Waals surface area contributed by atoms with Crippen LogP contribution < -0.4 is 0 Å². The van der Waals surface area contributed by atoms with Gasteiger partial charge in [0.1, 0.15) is 0 Å². The molecule has 0 radical (unpaired) electrons. The summed E-state index contributed by atoms with van der Waals surface area (Å²) in [6, 6.07) is 10.4. The van der Waals surface area contributed by atoms with Gasteiger partial charge in [-0.25, -0.2) is 4.98 Å². The maximum absolute atomic E-state index is 4.68. The number of aromatic nitrogens is 5. The van der Waals surface area contributed by atoms with Crippen molar-refractivity contribution in [1.82, 2.24) is 25.1 Å². The minimum atomic E-state index is 0.659. The molecule has 0 bridgehead atoms. The number of fused-ring (bicyclic) bond motifs is 2. The van der Waals surface area contributed by atoms with Crippen molar-refractivity contribution >= 4 is 50.6 Å². The first kappa shape index (κ1) is 20.8. The lowest BCUT2D eigenvalue weighted by atomic mass is 10.1. The van der Waals surface area contributed by atoms with E-state index in [4.69, 9.17) is 0 Å². The standard InChI is InChI=1S/C26H22N6S/c1-5-16(13-27-6-2)17-11-19-24(31-32-26(19)29-14-17)21-12-18-20(30-21)9-10-28-25(18)23-8-7-22(33-23)15(3)4/h5-14,30H,2-3H2,1,4H3,(H,29,31,32)/b16-5+,27-13?. The molecular weight excluding hydrogens is 428 g/mol. The third-order valence-electron chi connectivity index (χ3n) is 5.45. The highest BCUT2D eigenvalue weighted by atomic mass is 32.1. The van der Waals surface area contributed by atoms with Crippen LogP contribution in [-0.2, 0) is 0 Å². The first-order valence-electron chi connectivity index (χ1n) is 10.5. The first-order valence-corrected chi connectivity index (χ1v) is 11.3. The van der Waals surface area contributed by atoms with E-state index in [0.29, 0.717) is 5.65 Å². The number of rotatable bonds is 6. The SMILES string of the molecule is C=CN=C/C(=C\C)c1cnc2n[nH]c(-c3cc4c(-c5ccc(C(=C)C)s5)nccc4[nH]3)c2c1. The monoisotopic (exact) mass is 450 g/mol. The highest BCUT2D eigenvalue weighted by Gasteiger charge is 2.16. The Morgan fingerprint density at radius 3 is 2.79 bits per heavy atom. The van der Waals surface area contributed by atoms with Gasteiger partial charge in [0.05, 0.1) is 22.0 Å². The summed E-state index contributed by atoms with van der Waals surface area (Å²) in [5.41, 5.74) is 7.41. The van der Waals surface area contributed by atoms with Crippen molar-refractivity contribution in [2.75, 3.05) is 0 Å². The van der Waals surface area contributed by atoms with E-state index in [-0.39, 0.29) is 0 Å². The second-order valence-corrected chi connectivity index (χ2v) is 8.73. The summed E-state index contributed by atoms with van der Waals surface area (Å²) in [7, 11) is 0. The summed E-state index contributed by atoms with van der Waals surface area (Å²) < 4.78 is 0. The van der Waals surface area contributed by atoms with Gasteiger partial charge in [-0.2, -0.15) is 5.10 Å². The first-order chi connectivity index (χ1) is 16.1. The molecule has 5 aromatic rings. The molecule has 5 aromatic heterocycles. The summed E-state index contributed by atoms with van der Waals surface area (Å²) in [6.45, 7) is 11.7. The molecule has 5 rings (SSSR count). The number of allylic oxidation sites excluding steroid dienone is 3. The molecule has 0 amide bonds. The molecule has 0 atom stereocenters. The van der Waals surface area contributed by atoms with Gasteiger partial charge in [-0.1, -0.05) is 19.2 Å². The number of hydrogen-bond acceptors (Lipinski definition) is 5. The maximum atomic E-state index is 4.68. The van der Waals surface area contributed by atoms with E-state index in [1.807, 2.05) is 32.2 Å². The van der Waals surface area contributed by atoms with E-state index in [1.165, 1.54) is 6.20 Å².